The Morgan fingerprint density at radius 1 is 1.75 bits per heavy atom. The van der Waals surface area contributed by atoms with Crippen LogP contribution in [-0.2, 0) is 9.53 Å². The first-order valence-electron chi connectivity index (χ1n) is 4.33. The molecule has 0 aliphatic carbocycles. The van der Waals surface area contributed by atoms with E-state index in [4.69, 9.17) is 4.74 Å². The Morgan fingerprint density at radius 3 is 2.67 bits per heavy atom. The van der Waals surface area contributed by atoms with Gasteiger partial charge in [-0.05, 0) is 20.3 Å². The van der Waals surface area contributed by atoms with E-state index >= 15 is 0 Å². The molecule has 1 aliphatic rings. The maximum absolute atomic E-state index is 10.9. The predicted octanol–water partition coefficient (Wildman–Crippen LogP) is 2.29. The van der Waals surface area contributed by atoms with E-state index in [0.717, 1.165) is 12.0 Å². The van der Waals surface area contributed by atoms with E-state index in [9.17, 15) is 4.79 Å². The summed E-state index contributed by atoms with van der Waals surface area (Å²) >= 11 is 0. The zero-order chi connectivity index (χ0) is 9.35. The van der Waals surface area contributed by atoms with Crippen molar-refractivity contribution < 1.29 is 9.53 Å². The predicted molar refractivity (Wildman–Crippen MR) is 47.7 cm³/mol. The molecule has 2 atom stereocenters. The highest BCUT2D eigenvalue weighted by molar-refractivity contribution is 5.72. The van der Waals surface area contributed by atoms with Crippen LogP contribution in [0.15, 0.2) is 12.2 Å². The summed E-state index contributed by atoms with van der Waals surface area (Å²) in [6, 6.07) is 0. The number of cyclic esters (lactones) is 1. The van der Waals surface area contributed by atoms with Gasteiger partial charge >= 0.3 is 5.97 Å². The minimum absolute atomic E-state index is 0.0781. The monoisotopic (exact) mass is 168 g/mol. The van der Waals surface area contributed by atoms with Crippen LogP contribution in [0.25, 0.3) is 0 Å². The fourth-order valence-corrected chi connectivity index (χ4v) is 1.54. The number of hydrogen-bond acceptors (Lipinski definition) is 2. The first-order chi connectivity index (χ1) is 5.46. The summed E-state index contributed by atoms with van der Waals surface area (Å²) in [5.74, 6) is 0.176. The summed E-state index contributed by atoms with van der Waals surface area (Å²) in [7, 11) is 0. The lowest BCUT2D eigenvalue weighted by Gasteiger charge is -2.30. The van der Waals surface area contributed by atoms with Crippen LogP contribution in [0.5, 0.6) is 0 Å². The molecule has 0 bridgehead atoms. The van der Waals surface area contributed by atoms with Gasteiger partial charge in [-0.2, -0.15) is 0 Å². The number of carbonyl (C=O) groups is 1. The van der Waals surface area contributed by atoms with E-state index < -0.39 is 0 Å². The summed E-state index contributed by atoms with van der Waals surface area (Å²) in [6.07, 6.45) is 1.37. The summed E-state index contributed by atoms with van der Waals surface area (Å²) in [6.45, 7) is 9.89. The number of hydrogen-bond donors (Lipinski definition) is 0. The molecule has 0 aromatic carbocycles. The third-order valence-electron chi connectivity index (χ3n) is 2.83. The SMILES string of the molecule is C=C(C)C(C)C1(C)CCC(=O)O1. The molecule has 0 N–H and O–H groups in total. The smallest absolute Gasteiger partial charge is 0.306 e. The van der Waals surface area contributed by atoms with Gasteiger partial charge in [-0.25, -0.2) is 0 Å². The van der Waals surface area contributed by atoms with Crippen molar-refractivity contribution in [2.75, 3.05) is 0 Å². The molecule has 0 aromatic rings. The van der Waals surface area contributed by atoms with Crippen LogP contribution in [0.4, 0.5) is 0 Å². The standard InChI is InChI=1S/C10H16O2/c1-7(2)8(3)10(4)6-5-9(11)12-10/h8H,1,5-6H2,2-4H3. The molecule has 2 heteroatoms. The van der Waals surface area contributed by atoms with Crippen molar-refractivity contribution >= 4 is 5.97 Å². The lowest BCUT2D eigenvalue weighted by molar-refractivity contribution is -0.149. The maximum Gasteiger partial charge on any atom is 0.306 e. The molecule has 1 fully saturated rings. The fraction of sp³-hybridized carbons (Fsp3) is 0.700. The average Bonchev–Trinajstić information content (AvgIpc) is 2.31. The van der Waals surface area contributed by atoms with Crippen LogP contribution in [0.1, 0.15) is 33.6 Å². The Balaban J connectivity index is 2.72. The first-order valence-corrected chi connectivity index (χ1v) is 4.33. The first kappa shape index (κ1) is 9.30. The van der Waals surface area contributed by atoms with Gasteiger partial charge in [0, 0.05) is 12.3 Å². The Bertz CT molecular complexity index is 220. The van der Waals surface area contributed by atoms with Gasteiger partial charge < -0.3 is 4.74 Å². The van der Waals surface area contributed by atoms with Gasteiger partial charge in [0.15, 0.2) is 0 Å². The molecule has 68 valence electrons. The van der Waals surface area contributed by atoms with Crippen molar-refractivity contribution in [1.29, 1.82) is 0 Å². The minimum Gasteiger partial charge on any atom is -0.459 e. The van der Waals surface area contributed by atoms with Gasteiger partial charge in [-0.3, -0.25) is 4.79 Å². The average molecular weight is 168 g/mol. The van der Waals surface area contributed by atoms with E-state index in [-0.39, 0.29) is 17.5 Å². The zero-order valence-electron chi connectivity index (χ0n) is 8.02. The maximum atomic E-state index is 10.9. The van der Waals surface area contributed by atoms with Gasteiger partial charge in [-0.1, -0.05) is 19.1 Å². The van der Waals surface area contributed by atoms with Gasteiger partial charge in [-0.15, -0.1) is 0 Å². The lowest BCUT2D eigenvalue weighted by atomic mass is 9.84. The molecule has 1 saturated heterocycles. The zero-order valence-corrected chi connectivity index (χ0v) is 8.02. The van der Waals surface area contributed by atoms with Crippen LogP contribution < -0.4 is 0 Å². The molecule has 0 spiro atoms. The highest BCUT2D eigenvalue weighted by atomic mass is 16.6. The largest absolute Gasteiger partial charge is 0.459 e. The van der Waals surface area contributed by atoms with Crippen molar-refractivity contribution in [3.8, 4) is 0 Å². The topological polar surface area (TPSA) is 26.3 Å². The molecule has 2 nitrogen and oxygen atoms in total. The molecular formula is C10H16O2. The molecule has 2 unspecified atom stereocenters. The van der Waals surface area contributed by atoms with Crippen LogP contribution in [-0.4, -0.2) is 11.6 Å². The van der Waals surface area contributed by atoms with E-state index in [2.05, 4.69) is 13.5 Å². The van der Waals surface area contributed by atoms with Crippen molar-refractivity contribution in [3.05, 3.63) is 12.2 Å². The lowest BCUT2D eigenvalue weighted by Crippen LogP contribution is -2.32. The Hall–Kier alpha value is -0.790. The van der Waals surface area contributed by atoms with Gasteiger partial charge in [0.1, 0.15) is 5.60 Å². The Morgan fingerprint density at radius 2 is 2.33 bits per heavy atom. The third-order valence-corrected chi connectivity index (χ3v) is 2.83. The van der Waals surface area contributed by atoms with Crippen molar-refractivity contribution in [1.82, 2.24) is 0 Å². The second-order valence-electron chi connectivity index (χ2n) is 3.85. The van der Waals surface area contributed by atoms with Gasteiger partial charge in [0.25, 0.3) is 0 Å². The molecule has 1 rings (SSSR count). The molecule has 0 radical (unpaired) electrons. The van der Waals surface area contributed by atoms with Gasteiger partial charge in [0.2, 0.25) is 0 Å². The minimum atomic E-state index is -0.303. The third kappa shape index (κ3) is 1.52. The highest BCUT2D eigenvalue weighted by Crippen LogP contribution is 2.36. The van der Waals surface area contributed by atoms with Crippen LogP contribution >= 0.6 is 0 Å². The Labute approximate surface area is 73.6 Å². The highest BCUT2D eigenvalue weighted by Gasteiger charge is 2.40. The molecule has 1 aliphatic heterocycles. The second kappa shape index (κ2) is 2.92. The van der Waals surface area contributed by atoms with Crippen LogP contribution in [0.3, 0.4) is 0 Å². The fourth-order valence-electron chi connectivity index (χ4n) is 1.54. The van der Waals surface area contributed by atoms with Crippen LogP contribution in [0.2, 0.25) is 0 Å². The molecule has 12 heavy (non-hydrogen) atoms. The summed E-state index contributed by atoms with van der Waals surface area (Å²) in [5, 5.41) is 0. The molecule has 0 aromatic heterocycles. The molecule has 0 amide bonds. The van der Waals surface area contributed by atoms with E-state index in [1.165, 1.54) is 0 Å². The molecular weight excluding hydrogens is 152 g/mol. The Kier molecular flexibility index (Phi) is 2.27. The summed E-state index contributed by atoms with van der Waals surface area (Å²) in [4.78, 5) is 10.9. The summed E-state index contributed by atoms with van der Waals surface area (Å²) in [5.41, 5.74) is 0.773. The number of esters is 1. The second-order valence-corrected chi connectivity index (χ2v) is 3.85. The van der Waals surface area contributed by atoms with E-state index in [1.54, 1.807) is 0 Å². The van der Waals surface area contributed by atoms with Crippen molar-refractivity contribution in [2.24, 2.45) is 5.92 Å². The number of rotatable bonds is 2. The van der Waals surface area contributed by atoms with E-state index in [1.807, 2.05) is 13.8 Å². The molecule has 0 saturated carbocycles. The number of ether oxygens (including phenoxy) is 1. The molecule has 1 heterocycles. The van der Waals surface area contributed by atoms with Crippen LogP contribution in [0, 0.1) is 5.92 Å². The van der Waals surface area contributed by atoms with Crippen molar-refractivity contribution in [2.45, 2.75) is 39.2 Å². The van der Waals surface area contributed by atoms with E-state index in [0.29, 0.717) is 6.42 Å². The van der Waals surface area contributed by atoms with Crippen molar-refractivity contribution in [3.63, 3.8) is 0 Å². The quantitative estimate of drug-likeness (QED) is 0.467. The normalized spacial score (nSPS) is 31.4. The summed E-state index contributed by atoms with van der Waals surface area (Å²) < 4.78 is 5.27. The number of carbonyl (C=O) groups excluding carboxylic acids is 1. The van der Waals surface area contributed by atoms with Gasteiger partial charge in [0.05, 0.1) is 0 Å².